The highest BCUT2D eigenvalue weighted by Gasteiger charge is 2.41. The van der Waals surface area contributed by atoms with Crippen LogP contribution in [0.3, 0.4) is 0 Å². The monoisotopic (exact) mass is 370 g/mol. The summed E-state index contributed by atoms with van der Waals surface area (Å²) in [5.41, 5.74) is 1.07. The molecule has 1 saturated heterocycles. The smallest absolute Gasteiger partial charge is 0.244 e. The SMILES string of the molecule is CCCCN(C(=O)Cn1ncc2ccccc21)C1CC(C)(C)NC(C)(C)C1. The standard InChI is InChI=1S/C22H34N4O/c1-6-7-12-25(18-13-21(2,3)24-22(4,5)14-18)20(27)16-26-19-11-9-8-10-17(19)15-23-26/h8-11,15,18,24H,6-7,12-14,16H2,1-5H3. The van der Waals surface area contributed by atoms with E-state index in [2.05, 4.69) is 49.9 Å². The summed E-state index contributed by atoms with van der Waals surface area (Å²) in [4.78, 5) is 15.5. The molecule has 0 aliphatic carbocycles. The van der Waals surface area contributed by atoms with Crippen LogP contribution in [-0.2, 0) is 11.3 Å². The summed E-state index contributed by atoms with van der Waals surface area (Å²) in [6.07, 6.45) is 5.93. The lowest BCUT2D eigenvalue weighted by molar-refractivity contribution is -0.136. The average Bonchev–Trinajstić information content (AvgIpc) is 2.95. The van der Waals surface area contributed by atoms with Crippen molar-refractivity contribution in [3.63, 3.8) is 0 Å². The van der Waals surface area contributed by atoms with E-state index in [-0.39, 0.29) is 23.0 Å². The van der Waals surface area contributed by atoms with Crippen LogP contribution in [0.5, 0.6) is 0 Å². The van der Waals surface area contributed by atoms with Crippen LogP contribution in [0.15, 0.2) is 30.5 Å². The number of rotatable bonds is 6. The third kappa shape index (κ3) is 4.70. The summed E-state index contributed by atoms with van der Waals surface area (Å²) in [6, 6.07) is 8.33. The van der Waals surface area contributed by atoms with Crippen LogP contribution in [0.2, 0.25) is 0 Å². The molecule has 5 nitrogen and oxygen atoms in total. The zero-order chi connectivity index (χ0) is 19.7. The number of piperidine rings is 1. The summed E-state index contributed by atoms with van der Waals surface area (Å²) in [6.45, 7) is 12.3. The minimum Gasteiger partial charge on any atom is -0.338 e. The molecule has 1 amide bonds. The maximum Gasteiger partial charge on any atom is 0.244 e. The topological polar surface area (TPSA) is 50.2 Å². The summed E-state index contributed by atoms with van der Waals surface area (Å²) in [5.74, 6) is 0.177. The quantitative estimate of drug-likeness (QED) is 0.837. The average molecular weight is 371 g/mol. The zero-order valence-corrected chi connectivity index (χ0v) is 17.5. The van der Waals surface area contributed by atoms with Crippen molar-refractivity contribution in [3.8, 4) is 0 Å². The molecular formula is C22H34N4O. The lowest BCUT2D eigenvalue weighted by Gasteiger charge is -2.49. The van der Waals surface area contributed by atoms with Gasteiger partial charge in [-0.1, -0.05) is 31.5 Å². The fraction of sp³-hybridized carbons (Fsp3) is 0.636. The Morgan fingerprint density at radius 2 is 1.89 bits per heavy atom. The highest BCUT2D eigenvalue weighted by Crippen LogP contribution is 2.32. The Kier molecular flexibility index (Phi) is 5.61. The highest BCUT2D eigenvalue weighted by molar-refractivity contribution is 5.82. The molecule has 2 heterocycles. The van der Waals surface area contributed by atoms with E-state index in [9.17, 15) is 4.79 Å². The van der Waals surface area contributed by atoms with Gasteiger partial charge in [-0.25, -0.2) is 0 Å². The number of unbranched alkanes of at least 4 members (excludes halogenated alkanes) is 1. The Bertz CT molecular complexity index is 776. The highest BCUT2D eigenvalue weighted by atomic mass is 16.2. The summed E-state index contributed by atoms with van der Waals surface area (Å²) < 4.78 is 1.84. The largest absolute Gasteiger partial charge is 0.338 e. The molecule has 1 aliphatic heterocycles. The molecule has 0 radical (unpaired) electrons. The molecule has 0 bridgehead atoms. The molecule has 1 fully saturated rings. The lowest BCUT2D eigenvalue weighted by Crippen LogP contribution is -2.63. The van der Waals surface area contributed by atoms with Gasteiger partial charge in [0.05, 0.1) is 11.7 Å². The van der Waals surface area contributed by atoms with E-state index in [4.69, 9.17) is 0 Å². The van der Waals surface area contributed by atoms with Gasteiger partial charge in [0.1, 0.15) is 6.54 Å². The Morgan fingerprint density at radius 1 is 1.22 bits per heavy atom. The number of hydrogen-bond donors (Lipinski definition) is 1. The van der Waals surface area contributed by atoms with E-state index in [1.165, 1.54) is 0 Å². The molecule has 0 atom stereocenters. The van der Waals surface area contributed by atoms with Crippen LogP contribution < -0.4 is 5.32 Å². The van der Waals surface area contributed by atoms with Crippen molar-refractivity contribution in [2.45, 2.75) is 84.0 Å². The van der Waals surface area contributed by atoms with E-state index in [0.29, 0.717) is 6.54 Å². The molecule has 0 spiro atoms. The van der Waals surface area contributed by atoms with Crippen molar-refractivity contribution < 1.29 is 4.79 Å². The van der Waals surface area contributed by atoms with E-state index in [0.717, 1.165) is 43.1 Å². The van der Waals surface area contributed by atoms with Gasteiger partial charge in [0.2, 0.25) is 5.91 Å². The minimum absolute atomic E-state index is 0.0234. The molecule has 2 aromatic rings. The van der Waals surface area contributed by atoms with Crippen molar-refractivity contribution in [3.05, 3.63) is 30.5 Å². The molecule has 27 heavy (non-hydrogen) atoms. The van der Waals surface area contributed by atoms with Crippen molar-refractivity contribution in [2.75, 3.05) is 6.54 Å². The number of carbonyl (C=O) groups is 1. The maximum absolute atomic E-state index is 13.3. The molecule has 1 N–H and O–H groups in total. The predicted molar refractivity (Wildman–Crippen MR) is 111 cm³/mol. The predicted octanol–water partition coefficient (Wildman–Crippen LogP) is 3.97. The third-order valence-corrected chi connectivity index (χ3v) is 5.52. The number of fused-ring (bicyclic) bond motifs is 1. The van der Waals surface area contributed by atoms with Gasteiger partial charge in [-0.2, -0.15) is 5.10 Å². The summed E-state index contributed by atoms with van der Waals surface area (Å²) in [7, 11) is 0. The second-order valence-corrected chi connectivity index (χ2v) is 9.26. The fourth-order valence-electron chi connectivity index (χ4n) is 4.70. The number of nitrogens with one attached hydrogen (secondary N) is 1. The van der Waals surface area contributed by atoms with Crippen LogP contribution >= 0.6 is 0 Å². The number of aromatic nitrogens is 2. The number of hydrogen-bond acceptors (Lipinski definition) is 3. The number of nitrogens with zero attached hydrogens (tertiary/aromatic N) is 3. The van der Waals surface area contributed by atoms with E-state index in [1.54, 1.807) is 0 Å². The van der Waals surface area contributed by atoms with E-state index in [1.807, 2.05) is 35.1 Å². The fourth-order valence-corrected chi connectivity index (χ4v) is 4.70. The summed E-state index contributed by atoms with van der Waals surface area (Å²) >= 11 is 0. The van der Waals surface area contributed by atoms with Crippen molar-refractivity contribution in [1.29, 1.82) is 0 Å². The lowest BCUT2D eigenvalue weighted by atomic mass is 9.79. The second kappa shape index (κ2) is 7.63. The van der Waals surface area contributed by atoms with Gasteiger partial charge in [0.15, 0.2) is 0 Å². The van der Waals surface area contributed by atoms with Crippen LogP contribution in [0.4, 0.5) is 0 Å². The van der Waals surface area contributed by atoms with Crippen molar-refractivity contribution in [2.24, 2.45) is 0 Å². The first-order chi connectivity index (χ1) is 12.7. The van der Waals surface area contributed by atoms with Gasteiger partial charge < -0.3 is 10.2 Å². The molecular weight excluding hydrogens is 336 g/mol. The van der Waals surface area contributed by atoms with Gasteiger partial charge in [0, 0.05) is 29.1 Å². The Balaban J connectivity index is 1.82. The van der Waals surface area contributed by atoms with Gasteiger partial charge in [-0.15, -0.1) is 0 Å². The number of para-hydroxylation sites is 1. The van der Waals surface area contributed by atoms with Gasteiger partial charge in [0.25, 0.3) is 0 Å². The summed E-state index contributed by atoms with van der Waals surface area (Å²) in [5, 5.41) is 9.26. The third-order valence-electron chi connectivity index (χ3n) is 5.52. The van der Waals surface area contributed by atoms with Crippen LogP contribution in [-0.4, -0.2) is 44.3 Å². The van der Waals surface area contributed by atoms with Crippen LogP contribution in [0, 0.1) is 0 Å². The number of carbonyl (C=O) groups excluding carboxylic acids is 1. The maximum atomic E-state index is 13.3. The first-order valence-corrected chi connectivity index (χ1v) is 10.2. The van der Waals surface area contributed by atoms with E-state index >= 15 is 0 Å². The van der Waals surface area contributed by atoms with Crippen molar-refractivity contribution >= 4 is 16.8 Å². The van der Waals surface area contributed by atoms with Gasteiger partial charge in [-0.05, 0) is 53.0 Å². The van der Waals surface area contributed by atoms with Crippen LogP contribution in [0.25, 0.3) is 10.9 Å². The first kappa shape index (κ1) is 19.9. The van der Waals surface area contributed by atoms with Gasteiger partial charge in [-0.3, -0.25) is 9.48 Å². The minimum atomic E-state index is 0.0234. The normalized spacial score (nSPS) is 19.3. The molecule has 3 rings (SSSR count). The Morgan fingerprint density at radius 3 is 2.56 bits per heavy atom. The molecule has 148 valence electrons. The zero-order valence-electron chi connectivity index (χ0n) is 17.5. The molecule has 1 aliphatic rings. The molecule has 0 unspecified atom stereocenters. The second-order valence-electron chi connectivity index (χ2n) is 9.26. The first-order valence-electron chi connectivity index (χ1n) is 10.2. The van der Waals surface area contributed by atoms with Gasteiger partial charge >= 0.3 is 0 Å². The van der Waals surface area contributed by atoms with Crippen molar-refractivity contribution in [1.82, 2.24) is 20.0 Å². The molecule has 5 heteroatoms. The van der Waals surface area contributed by atoms with Crippen LogP contribution in [0.1, 0.15) is 60.3 Å². The molecule has 1 aromatic carbocycles. The molecule has 1 aromatic heterocycles. The number of amides is 1. The Hall–Kier alpha value is -1.88. The van der Waals surface area contributed by atoms with E-state index < -0.39 is 0 Å². The Labute approximate surface area is 163 Å². The molecule has 0 saturated carbocycles. The number of benzene rings is 1.